The number of aromatic nitrogens is 3. The Balaban J connectivity index is 1.92. The number of amides is 1. The molecule has 3 rings (SSSR count). The van der Waals surface area contributed by atoms with E-state index in [1.165, 1.54) is 0 Å². The fourth-order valence-corrected chi connectivity index (χ4v) is 2.49. The molecule has 2 aromatic heterocycles. The molecule has 0 aliphatic carbocycles. The van der Waals surface area contributed by atoms with Crippen molar-refractivity contribution in [3.63, 3.8) is 0 Å². The van der Waals surface area contributed by atoms with Gasteiger partial charge >= 0.3 is 0 Å². The average molecular weight is 298 g/mol. The molecule has 1 amide bonds. The maximum atomic E-state index is 12.3. The maximum absolute atomic E-state index is 12.3. The first-order chi connectivity index (χ1) is 10.5. The van der Waals surface area contributed by atoms with E-state index in [4.69, 9.17) is 4.52 Å². The van der Waals surface area contributed by atoms with Crippen LogP contribution >= 0.6 is 0 Å². The number of aryl methyl sites for hydroxylation is 2. The molecule has 22 heavy (non-hydrogen) atoms. The highest BCUT2D eigenvalue weighted by atomic mass is 16.5. The average Bonchev–Trinajstić information content (AvgIpc) is 3.02. The minimum Gasteiger partial charge on any atom is -0.360 e. The van der Waals surface area contributed by atoms with E-state index in [1.54, 1.807) is 25.1 Å². The molecule has 114 valence electrons. The number of anilines is 1. The van der Waals surface area contributed by atoms with Crippen LogP contribution in [0, 0.1) is 6.92 Å². The van der Waals surface area contributed by atoms with Crippen molar-refractivity contribution in [1.29, 1.82) is 0 Å². The highest BCUT2D eigenvalue weighted by Gasteiger charge is 2.14. The van der Waals surface area contributed by atoms with Gasteiger partial charge in [-0.25, -0.2) is 4.98 Å². The molecule has 0 saturated heterocycles. The molecule has 1 aromatic carbocycles. The number of hydrogen-bond donors (Lipinski definition) is 1. The number of carbonyl (C=O) groups is 1. The molecule has 0 bridgehead atoms. The summed E-state index contributed by atoms with van der Waals surface area (Å²) in [4.78, 5) is 16.9. The Labute approximate surface area is 128 Å². The third kappa shape index (κ3) is 2.47. The topological polar surface area (TPSA) is 73.0 Å². The summed E-state index contributed by atoms with van der Waals surface area (Å²) in [6, 6.07) is 7.17. The molecule has 0 fully saturated rings. The van der Waals surface area contributed by atoms with Crippen molar-refractivity contribution in [1.82, 2.24) is 14.7 Å². The van der Waals surface area contributed by atoms with E-state index >= 15 is 0 Å². The summed E-state index contributed by atoms with van der Waals surface area (Å²) >= 11 is 0. The molecule has 0 saturated carbocycles. The lowest BCUT2D eigenvalue weighted by atomic mass is 10.2. The van der Waals surface area contributed by atoms with E-state index in [0.717, 1.165) is 16.9 Å². The fourth-order valence-electron chi connectivity index (χ4n) is 2.49. The SMILES string of the molecule is Cc1cc(NC(=O)c2ccc3c(c2)nc(C(C)C)n3C)no1. The number of rotatable bonds is 3. The smallest absolute Gasteiger partial charge is 0.256 e. The summed E-state index contributed by atoms with van der Waals surface area (Å²) < 4.78 is 6.99. The molecule has 6 nitrogen and oxygen atoms in total. The number of carbonyl (C=O) groups excluding carboxylic acids is 1. The Bertz CT molecular complexity index is 845. The molecule has 3 aromatic rings. The van der Waals surface area contributed by atoms with Gasteiger partial charge in [-0.15, -0.1) is 0 Å². The first kappa shape index (κ1) is 14.3. The lowest BCUT2D eigenvalue weighted by molar-refractivity contribution is 0.102. The molecular weight excluding hydrogens is 280 g/mol. The van der Waals surface area contributed by atoms with Crippen LogP contribution < -0.4 is 5.32 Å². The summed E-state index contributed by atoms with van der Waals surface area (Å²) in [5.41, 5.74) is 2.37. The van der Waals surface area contributed by atoms with Gasteiger partial charge in [0, 0.05) is 24.6 Å². The van der Waals surface area contributed by atoms with Crippen LogP contribution in [0.1, 0.15) is 41.7 Å². The molecule has 1 N–H and O–H groups in total. The number of hydrogen-bond acceptors (Lipinski definition) is 4. The van der Waals surface area contributed by atoms with Crippen molar-refractivity contribution in [3.05, 3.63) is 41.4 Å². The van der Waals surface area contributed by atoms with E-state index in [0.29, 0.717) is 23.1 Å². The van der Waals surface area contributed by atoms with Crippen LogP contribution in [0.5, 0.6) is 0 Å². The zero-order valence-electron chi connectivity index (χ0n) is 13.0. The molecule has 2 heterocycles. The lowest BCUT2D eigenvalue weighted by Gasteiger charge is -2.04. The van der Waals surface area contributed by atoms with Gasteiger partial charge < -0.3 is 14.4 Å². The summed E-state index contributed by atoms with van der Waals surface area (Å²) in [6.45, 7) is 5.97. The van der Waals surface area contributed by atoms with Gasteiger partial charge in [0.05, 0.1) is 11.0 Å². The van der Waals surface area contributed by atoms with Crippen LogP contribution in [0.15, 0.2) is 28.8 Å². The monoisotopic (exact) mass is 298 g/mol. The predicted octanol–water partition coefficient (Wildman–Crippen LogP) is 3.25. The Morgan fingerprint density at radius 3 is 2.73 bits per heavy atom. The van der Waals surface area contributed by atoms with Gasteiger partial charge in [0.1, 0.15) is 11.6 Å². The minimum atomic E-state index is -0.230. The van der Waals surface area contributed by atoms with E-state index in [9.17, 15) is 4.79 Å². The Morgan fingerprint density at radius 2 is 2.09 bits per heavy atom. The van der Waals surface area contributed by atoms with Gasteiger partial charge in [-0.3, -0.25) is 4.79 Å². The summed E-state index contributed by atoms with van der Waals surface area (Å²) in [6.07, 6.45) is 0. The molecule has 0 atom stereocenters. The number of benzene rings is 1. The minimum absolute atomic E-state index is 0.230. The third-order valence-electron chi connectivity index (χ3n) is 3.56. The predicted molar refractivity (Wildman–Crippen MR) is 84.0 cm³/mol. The standard InChI is InChI=1S/C16H18N4O2/c1-9(2)15-17-12-8-11(5-6-13(12)20(15)4)16(21)18-14-7-10(3)22-19-14/h5-9H,1-4H3,(H,18,19,21). The molecule has 6 heteroatoms. The number of nitrogens with one attached hydrogen (secondary N) is 1. The molecule has 0 aliphatic heterocycles. The summed E-state index contributed by atoms with van der Waals surface area (Å²) in [7, 11) is 1.99. The van der Waals surface area contributed by atoms with Crippen LogP contribution in [0.4, 0.5) is 5.82 Å². The summed E-state index contributed by atoms with van der Waals surface area (Å²) in [5, 5.41) is 6.47. The largest absolute Gasteiger partial charge is 0.360 e. The molecular formula is C16H18N4O2. The Kier molecular flexibility index (Phi) is 3.44. The lowest BCUT2D eigenvalue weighted by Crippen LogP contribution is -2.11. The first-order valence-corrected chi connectivity index (χ1v) is 7.16. The van der Waals surface area contributed by atoms with Crippen LogP contribution in [-0.2, 0) is 7.05 Å². The van der Waals surface area contributed by atoms with Crippen molar-refractivity contribution < 1.29 is 9.32 Å². The van der Waals surface area contributed by atoms with Crippen LogP contribution in [0.3, 0.4) is 0 Å². The molecule has 0 unspecified atom stereocenters. The van der Waals surface area contributed by atoms with Gasteiger partial charge in [-0.05, 0) is 25.1 Å². The van der Waals surface area contributed by atoms with E-state index in [2.05, 4.69) is 33.9 Å². The van der Waals surface area contributed by atoms with Gasteiger partial charge in [0.15, 0.2) is 5.82 Å². The van der Waals surface area contributed by atoms with Crippen molar-refractivity contribution >= 4 is 22.8 Å². The van der Waals surface area contributed by atoms with Gasteiger partial charge in [0.2, 0.25) is 0 Å². The summed E-state index contributed by atoms with van der Waals surface area (Å²) in [5.74, 6) is 2.16. The van der Waals surface area contributed by atoms with Gasteiger partial charge in [0.25, 0.3) is 5.91 Å². The van der Waals surface area contributed by atoms with Crippen molar-refractivity contribution in [2.24, 2.45) is 7.05 Å². The molecule has 0 radical (unpaired) electrons. The Morgan fingerprint density at radius 1 is 1.32 bits per heavy atom. The number of nitrogens with zero attached hydrogens (tertiary/aromatic N) is 3. The van der Waals surface area contributed by atoms with Gasteiger partial charge in [-0.1, -0.05) is 19.0 Å². The quantitative estimate of drug-likeness (QED) is 0.805. The van der Waals surface area contributed by atoms with E-state index in [-0.39, 0.29) is 5.91 Å². The van der Waals surface area contributed by atoms with Gasteiger partial charge in [-0.2, -0.15) is 0 Å². The fraction of sp³-hybridized carbons (Fsp3) is 0.312. The third-order valence-corrected chi connectivity index (χ3v) is 3.56. The molecule has 0 aliphatic rings. The number of imidazole rings is 1. The second-order valence-corrected chi connectivity index (χ2v) is 5.66. The van der Waals surface area contributed by atoms with Crippen molar-refractivity contribution in [2.75, 3.05) is 5.32 Å². The van der Waals surface area contributed by atoms with Crippen molar-refractivity contribution in [3.8, 4) is 0 Å². The van der Waals surface area contributed by atoms with E-state index in [1.807, 2.05) is 13.1 Å². The first-order valence-electron chi connectivity index (χ1n) is 7.16. The highest BCUT2D eigenvalue weighted by molar-refractivity contribution is 6.05. The zero-order chi connectivity index (χ0) is 15.9. The number of fused-ring (bicyclic) bond motifs is 1. The van der Waals surface area contributed by atoms with Crippen LogP contribution in [-0.4, -0.2) is 20.6 Å². The van der Waals surface area contributed by atoms with Crippen molar-refractivity contribution in [2.45, 2.75) is 26.7 Å². The Hall–Kier alpha value is -2.63. The second kappa shape index (κ2) is 5.29. The van der Waals surface area contributed by atoms with E-state index < -0.39 is 0 Å². The second-order valence-electron chi connectivity index (χ2n) is 5.66. The zero-order valence-corrected chi connectivity index (χ0v) is 13.0. The molecule has 0 spiro atoms. The highest BCUT2D eigenvalue weighted by Crippen LogP contribution is 2.22. The van der Waals surface area contributed by atoms with Crippen LogP contribution in [0.2, 0.25) is 0 Å². The van der Waals surface area contributed by atoms with Crippen LogP contribution in [0.25, 0.3) is 11.0 Å². The normalized spacial score (nSPS) is 11.3. The maximum Gasteiger partial charge on any atom is 0.256 e.